The Balaban J connectivity index is 4.58. The highest BCUT2D eigenvalue weighted by molar-refractivity contribution is 5.77. The normalized spacial score (nSPS) is 13.9. The fourth-order valence-corrected chi connectivity index (χ4v) is 7.33. The standard InChI is InChI=1S/C54H95NO5/c1-4-7-10-13-16-19-22-24-26-27-29-32-35-38-41-44-47-54(59)60-50(45-42-39-36-33-30-21-18-15-12-9-6-3)48-53(58)55-51(49-56)52(57)46-43-40-37-34-31-28-25-23-20-17-14-11-8-5-2/h7,9-10,12,15-16,18-19,21,24,26,30,50-52,56-57H,4-6,8,11,13-14,17,20,22-23,25,27-29,31-49H2,1-3H3,(H,55,58)/b10-7+,12-9+,18-15+,19-16+,26-24+,30-21-. The Kier molecular flexibility index (Phi) is 45.2. The number of rotatable bonds is 44. The first kappa shape index (κ1) is 57.3. The van der Waals surface area contributed by atoms with E-state index in [4.69, 9.17) is 4.74 Å². The van der Waals surface area contributed by atoms with Crippen molar-refractivity contribution in [1.29, 1.82) is 0 Å². The molecule has 0 aromatic heterocycles. The molecule has 3 atom stereocenters. The Morgan fingerprint density at radius 1 is 0.517 bits per heavy atom. The predicted molar refractivity (Wildman–Crippen MR) is 259 cm³/mol. The van der Waals surface area contributed by atoms with Crippen molar-refractivity contribution < 1.29 is 24.5 Å². The molecule has 0 rings (SSSR count). The first-order valence-corrected chi connectivity index (χ1v) is 25.2. The second-order valence-electron chi connectivity index (χ2n) is 16.9. The highest BCUT2D eigenvalue weighted by atomic mass is 16.5. The van der Waals surface area contributed by atoms with Crippen LogP contribution < -0.4 is 5.32 Å². The Morgan fingerprint density at radius 3 is 1.57 bits per heavy atom. The first-order valence-electron chi connectivity index (χ1n) is 25.2. The molecule has 0 aliphatic rings. The number of ether oxygens (including phenoxy) is 1. The SMILES string of the molecule is CC/C=C/C=C/C=C\CCCCCC(CC(=O)NC(CO)C(O)CCCCCCCCCCCCCCCC)OC(=O)CCCCCCCC/C=C/C/C=C/C/C=C/CC. The molecule has 0 aromatic carbocycles. The van der Waals surface area contributed by atoms with E-state index in [0.717, 1.165) is 96.3 Å². The number of esters is 1. The van der Waals surface area contributed by atoms with Crippen molar-refractivity contribution in [1.82, 2.24) is 5.32 Å². The van der Waals surface area contributed by atoms with Crippen LogP contribution in [0.4, 0.5) is 0 Å². The molecule has 1 amide bonds. The number of carbonyl (C=O) groups is 2. The average Bonchev–Trinajstić information content (AvgIpc) is 3.24. The van der Waals surface area contributed by atoms with Crippen molar-refractivity contribution in [3.05, 3.63) is 72.9 Å². The predicted octanol–water partition coefficient (Wildman–Crippen LogP) is 15.0. The van der Waals surface area contributed by atoms with Gasteiger partial charge in [0.05, 0.1) is 25.2 Å². The number of aliphatic hydroxyl groups is 2. The Labute approximate surface area is 371 Å². The van der Waals surface area contributed by atoms with Crippen LogP contribution >= 0.6 is 0 Å². The number of allylic oxidation sites excluding steroid dienone is 12. The zero-order chi connectivity index (χ0) is 43.8. The molecule has 0 radical (unpaired) electrons. The van der Waals surface area contributed by atoms with Crippen molar-refractivity contribution in [3.8, 4) is 0 Å². The van der Waals surface area contributed by atoms with E-state index in [1.807, 2.05) is 12.2 Å². The summed E-state index contributed by atoms with van der Waals surface area (Å²) in [5.74, 6) is -0.526. The maximum absolute atomic E-state index is 13.2. The van der Waals surface area contributed by atoms with Crippen LogP contribution in [-0.4, -0.2) is 46.9 Å². The minimum atomic E-state index is -0.801. The van der Waals surface area contributed by atoms with Gasteiger partial charge in [-0.05, 0) is 77.0 Å². The zero-order valence-electron chi connectivity index (χ0n) is 39.3. The van der Waals surface area contributed by atoms with Crippen LogP contribution in [-0.2, 0) is 14.3 Å². The molecule has 60 heavy (non-hydrogen) atoms. The molecule has 0 heterocycles. The van der Waals surface area contributed by atoms with Gasteiger partial charge in [0.2, 0.25) is 5.91 Å². The number of aliphatic hydroxyl groups excluding tert-OH is 2. The molecule has 0 spiro atoms. The van der Waals surface area contributed by atoms with E-state index >= 15 is 0 Å². The molecule has 0 saturated carbocycles. The summed E-state index contributed by atoms with van der Waals surface area (Å²) in [5, 5.41) is 23.7. The van der Waals surface area contributed by atoms with E-state index in [9.17, 15) is 19.8 Å². The van der Waals surface area contributed by atoms with E-state index in [2.05, 4.69) is 86.8 Å². The molecule has 3 unspecified atom stereocenters. The van der Waals surface area contributed by atoms with Crippen molar-refractivity contribution in [2.45, 2.75) is 251 Å². The van der Waals surface area contributed by atoms with Crippen LogP contribution in [0.3, 0.4) is 0 Å². The highest BCUT2D eigenvalue weighted by Crippen LogP contribution is 2.17. The molecular formula is C54H95NO5. The van der Waals surface area contributed by atoms with Crippen molar-refractivity contribution in [3.63, 3.8) is 0 Å². The molecule has 346 valence electrons. The number of hydrogen-bond donors (Lipinski definition) is 3. The van der Waals surface area contributed by atoms with Gasteiger partial charge in [0, 0.05) is 6.42 Å². The van der Waals surface area contributed by atoms with Gasteiger partial charge in [-0.1, -0.05) is 216 Å². The summed E-state index contributed by atoms with van der Waals surface area (Å²) in [6, 6.07) is -0.717. The summed E-state index contributed by atoms with van der Waals surface area (Å²) < 4.78 is 5.90. The minimum absolute atomic E-state index is 0.0465. The third kappa shape index (κ3) is 42.0. The molecule has 0 aliphatic carbocycles. The third-order valence-corrected chi connectivity index (χ3v) is 11.1. The zero-order valence-corrected chi connectivity index (χ0v) is 39.3. The van der Waals surface area contributed by atoms with Crippen LogP contribution in [0.1, 0.15) is 233 Å². The summed E-state index contributed by atoms with van der Waals surface area (Å²) >= 11 is 0. The number of unbranched alkanes of at least 4 members (excludes halogenated alkanes) is 22. The van der Waals surface area contributed by atoms with Gasteiger partial charge in [0.1, 0.15) is 6.10 Å². The maximum Gasteiger partial charge on any atom is 0.306 e. The monoisotopic (exact) mass is 838 g/mol. The van der Waals surface area contributed by atoms with Crippen LogP contribution in [0, 0.1) is 0 Å². The summed E-state index contributed by atoms with van der Waals surface area (Å²) in [6.45, 7) is 6.22. The fourth-order valence-electron chi connectivity index (χ4n) is 7.33. The lowest BCUT2D eigenvalue weighted by Crippen LogP contribution is -2.46. The van der Waals surface area contributed by atoms with Crippen LogP contribution in [0.5, 0.6) is 0 Å². The molecule has 3 N–H and O–H groups in total. The Morgan fingerprint density at radius 2 is 0.983 bits per heavy atom. The van der Waals surface area contributed by atoms with E-state index in [1.165, 1.54) is 89.9 Å². The smallest absolute Gasteiger partial charge is 0.306 e. The number of carbonyl (C=O) groups excluding carboxylic acids is 2. The van der Waals surface area contributed by atoms with Gasteiger partial charge in [0.25, 0.3) is 0 Å². The number of amides is 1. The fraction of sp³-hybridized carbons (Fsp3) is 0.741. The van der Waals surface area contributed by atoms with E-state index in [1.54, 1.807) is 0 Å². The van der Waals surface area contributed by atoms with Gasteiger partial charge in [0.15, 0.2) is 0 Å². The molecule has 0 aromatic rings. The lowest BCUT2D eigenvalue weighted by Gasteiger charge is -2.24. The Hall–Kier alpha value is -2.70. The second kappa shape index (κ2) is 47.4. The molecule has 0 fully saturated rings. The van der Waals surface area contributed by atoms with Gasteiger partial charge in [-0.25, -0.2) is 0 Å². The van der Waals surface area contributed by atoms with Gasteiger partial charge < -0.3 is 20.3 Å². The molecular weight excluding hydrogens is 743 g/mol. The van der Waals surface area contributed by atoms with Crippen LogP contribution in [0.25, 0.3) is 0 Å². The second-order valence-corrected chi connectivity index (χ2v) is 16.9. The lowest BCUT2D eigenvalue weighted by molar-refractivity contribution is -0.151. The Bertz CT molecular complexity index is 1120. The lowest BCUT2D eigenvalue weighted by atomic mass is 10.0. The van der Waals surface area contributed by atoms with Crippen molar-refractivity contribution in [2.75, 3.05) is 6.61 Å². The molecule has 0 saturated heterocycles. The van der Waals surface area contributed by atoms with Crippen LogP contribution in [0.15, 0.2) is 72.9 Å². The molecule has 0 aliphatic heterocycles. The summed E-state index contributed by atoms with van der Waals surface area (Å²) in [5.41, 5.74) is 0. The average molecular weight is 838 g/mol. The van der Waals surface area contributed by atoms with Crippen LogP contribution in [0.2, 0.25) is 0 Å². The van der Waals surface area contributed by atoms with Crippen molar-refractivity contribution in [2.24, 2.45) is 0 Å². The third-order valence-electron chi connectivity index (χ3n) is 11.1. The van der Waals surface area contributed by atoms with Gasteiger partial charge in [-0.3, -0.25) is 9.59 Å². The van der Waals surface area contributed by atoms with Gasteiger partial charge in [-0.2, -0.15) is 0 Å². The largest absolute Gasteiger partial charge is 0.462 e. The van der Waals surface area contributed by atoms with Gasteiger partial charge in [-0.15, -0.1) is 0 Å². The summed E-state index contributed by atoms with van der Waals surface area (Å²) in [7, 11) is 0. The number of hydrogen-bond acceptors (Lipinski definition) is 5. The van der Waals surface area contributed by atoms with Gasteiger partial charge >= 0.3 is 5.97 Å². The summed E-state index contributed by atoms with van der Waals surface area (Å²) in [4.78, 5) is 26.1. The maximum atomic E-state index is 13.2. The molecule has 0 bridgehead atoms. The highest BCUT2D eigenvalue weighted by Gasteiger charge is 2.24. The van der Waals surface area contributed by atoms with E-state index < -0.39 is 18.2 Å². The quantitative estimate of drug-likeness (QED) is 0.0246. The van der Waals surface area contributed by atoms with E-state index in [0.29, 0.717) is 19.3 Å². The molecule has 6 heteroatoms. The topological polar surface area (TPSA) is 95.9 Å². The van der Waals surface area contributed by atoms with Crippen molar-refractivity contribution >= 4 is 11.9 Å². The summed E-state index contributed by atoms with van der Waals surface area (Å²) in [6.07, 6.45) is 59.6. The number of nitrogens with one attached hydrogen (secondary N) is 1. The minimum Gasteiger partial charge on any atom is -0.462 e. The molecule has 6 nitrogen and oxygen atoms in total. The first-order chi connectivity index (χ1) is 29.5. The van der Waals surface area contributed by atoms with E-state index in [-0.39, 0.29) is 24.9 Å².